The summed E-state index contributed by atoms with van der Waals surface area (Å²) in [4.78, 5) is 14.3. The van der Waals surface area contributed by atoms with E-state index in [1.165, 1.54) is 16.7 Å². The van der Waals surface area contributed by atoms with Crippen LogP contribution < -0.4 is 5.32 Å². The normalized spacial score (nSPS) is 19.3. The zero-order valence-corrected chi connectivity index (χ0v) is 14.2. The maximum atomic E-state index is 12.4. The number of ether oxygens (including phenoxy) is 1. The summed E-state index contributed by atoms with van der Waals surface area (Å²) >= 11 is 0. The molecule has 4 heteroatoms. The molecule has 4 nitrogen and oxygen atoms in total. The summed E-state index contributed by atoms with van der Waals surface area (Å²) in [5, 5.41) is 3.13. The van der Waals surface area contributed by atoms with Crippen molar-refractivity contribution < 1.29 is 9.53 Å². The van der Waals surface area contributed by atoms with Crippen molar-refractivity contribution in [3.63, 3.8) is 0 Å². The lowest BCUT2D eigenvalue weighted by Gasteiger charge is -2.22. The number of hydrogen-bond donors (Lipinski definition) is 1. The maximum Gasteiger partial charge on any atom is 0.317 e. The molecule has 1 heterocycles. The second-order valence-corrected chi connectivity index (χ2v) is 6.29. The lowest BCUT2D eigenvalue weighted by atomic mass is 10.0. The molecule has 2 rings (SSSR count). The summed E-state index contributed by atoms with van der Waals surface area (Å²) in [7, 11) is 0. The van der Waals surface area contributed by atoms with Crippen LogP contribution in [-0.2, 0) is 4.74 Å². The summed E-state index contributed by atoms with van der Waals surface area (Å²) < 4.78 is 5.47. The molecule has 1 aliphatic heterocycles. The lowest BCUT2D eigenvalue weighted by Crippen LogP contribution is -2.40. The first-order valence-electron chi connectivity index (χ1n) is 8.21. The van der Waals surface area contributed by atoms with Crippen LogP contribution in [0.3, 0.4) is 0 Å². The van der Waals surface area contributed by atoms with Crippen molar-refractivity contribution in [1.82, 2.24) is 10.2 Å². The first-order valence-corrected chi connectivity index (χ1v) is 8.21. The SMILES string of the molecule is CCOC[C@H]1CCN(C(=O)N[C@H](C)c2cc(C)ccc2C)C1. The van der Waals surface area contributed by atoms with Gasteiger partial charge in [-0.1, -0.05) is 23.8 Å². The van der Waals surface area contributed by atoms with Crippen LogP contribution in [0.2, 0.25) is 0 Å². The molecule has 1 fully saturated rings. The van der Waals surface area contributed by atoms with Crippen molar-refractivity contribution in [2.45, 2.75) is 40.2 Å². The molecule has 0 radical (unpaired) electrons. The Balaban J connectivity index is 1.90. The number of benzene rings is 1. The Labute approximate surface area is 133 Å². The molecule has 0 spiro atoms. The number of nitrogens with one attached hydrogen (secondary N) is 1. The van der Waals surface area contributed by atoms with E-state index in [1.54, 1.807) is 0 Å². The van der Waals surface area contributed by atoms with Crippen molar-refractivity contribution in [2.24, 2.45) is 5.92 Å². The number of nitrogens with zero attached hydrogens (tertiary/aromatic N) is 1. The summed E-state index contributed by atoms with van der Waals surface area (Å²) in [6.45, 7) is 11.3. The molecular formula is C18H28N2O2. The van der Waals surface area contributed by atoms with E-state index < -0.39 is 0 Å². The fourth-order valence-corrected chi connectivity index (χ4v) is 3.02. The number of hydrogen-bond acceptors (Lipinski definition) is 2. The van der Waals surface area contributed by atoms with Crippen molar-refractivity contribution in [3.8, 4) is 0 Å². The van der Waals surface area contributed by atoms with Crippen LogP contribution in [0, 0.1) is 19.8 Å². The topological polar surface area (TPSA) is 41.6 Å². The van der Waals surface area contributed by atoms with E-state index in [9.17, 15) is 4.79 Å². The smallest absolute Gasteiger partial charge is 0.317 e. The minimum absolute atomic E-state index is 0.0262. The van der Waals surface area contributed by atoms with Gasteiger partial charge in [0.05, 0.1) is 12.6 Å². The minimum Gasteiger partial charge on any atom is -0.381 e. The monoisotopic (exact) mass is 304 g/mol. The van der Waals surface area contributed by atoms with Gasteiger partial charge in [-0.25, -0.2) is 4.79 Å². The number of aryl methyl sites for hydroxylation is 2. The van der Waals surface area contributed by atoms with Crippen LogP contribution in [0.5, 0.6) is 0 Å². The van der Waals surface area contributed by atoms with Crippen molar-refractivity contribution in [3.05, 3.63) is 34.9 Å². The van der Waals surface area contributed by atoms with Gasteiger partial charge < -0.3 is 15.0 Å². The molecule has 2 amide bonds. The molecule has 0 unspecified atom stereocenters. The molecular weight excluding hydrogens is 276 g/mol. The zero-order chi connectivity index (χ0) is 16.1. The molecule has 0 bridgehead atoms. The maximum absolute atomic E-state index is 12.4. The molecule has 1 saturated heterocycles. The van der Waals surface area contributed by atoms with E-state index >= 15 is 0 Å². The molecule has 1 aliphatic rings. The van der Waals surface area contributed by atoms with E-state index in [0.29, 0.717) is 5.92 Å². The predicted octanol–water partition coefficient (Wildman–Crippen LogP) is 3.43. The average molecular weight is 304 g/mol. The third-order valence-electron chi connectivity index (χ3n) is 4.37. The highest BCUT2D eigenvalue weighted by Gasteiger charge is 2.27. The van der Waals surface area contributed by atoms with E-state index in [2.05, 4.69) is 37.4 Å². The van der Waals surface area contributed by atoms with Gasteiger partial charge in [-0.05, 0) is 45.2 Å². The van der Waals surface area contributed by atoms with E-state index in [-0.39, 0.29) is 12.1 Å². The molecule has 122 valence electrons. The van der Waals surface area contributed by atoms with Crippen LogP contribution in [0.1, 0.15) is 43.0 Å². The van der Waals surface area contributed by atoms with Crippen molar-refractivity contribution in [2.75, 3.05) is 26.3 Å². The van der Waals surface area contributed by atoms with Crippen LogP contribution >= 0.6 is 0 Å². The van der Waals surface area contributed by atoms with E-state index in [4.69, 9.17) is 4.74 Å². The quantitative estimate of drug-likeness (QED) is 0.905. The number of amides is 2. The minimum atomic E-state index is 0.0262. The van der Waals surface area contributed by atoms with Gasteiger partial charge in [0.25, 0.3) is 0 Å². The molecule has 0 saturated carbocycles. The van der Waals surface area contributed by atoms with Gasteiger partial charge in [0.2, 0.25) is 0 Å². The Hall–Kier alpha value is -1.55. The zero-order valence-electron chi connectivity index (χ0n) is 14.2. The molecule has 2 atom stereocenters. The molecule has 1 aromatic rings. The first-order chi connectivity index (χ1) is 10.5. The van der Waals surface area contributed by atoms with Gasteiger partial charge in [-0.3, -0.25) is 0 Å². The third-order valence-corrected chi connectivity index (χ3v) is 4.37. The number of carbonyl (C=O) groups excluding carboxylic acids is 1. The Morgan fingerprint density at radius 1 is 1.45 bits per heavy atom. The molecule has 0 aliphatic carbocycles. The van der Waals surface area contributed by atoms with Crippen molar-refractivity contribution in [1.29, 1.82) is 0 Å². The van der Waals surface area contributed by atoms with Gasteiger partial charge in [0.15, 0.2) is 0 Å². The lowest BCUT2D eigenvalue weighted by molar-refractivity contribution is 0.113. The van der Waals surface area contributed by atoms with Crippen LogP contribution in [0.15, 0.2) is 18.2 Å². The van der Waals surface area contributed by atoms with Gasteiger partial charge in [0.1, 0.15) is 0 Å². The highest BCUT2D eigenvalue weighted by Crippen LogP contribution is 2.21. The summed E-state index contributed by atoms with van der Waals surface area (Å²) in [5.74, 6) is 0.474. The summed E-state index contributed by atoms with van der Waals surface area (Å²) in [6, 6.07) is 6.43. The highest BCUT2D eigenvalue weighted by molar-refractivity contribution is 5.75. The summed E-state index contributed by atoms with van der Waals surface area (Å²) in [5.41, 5.74) is 3.63. The molecule has 1 aromatic carbocycles. The fourth-order valence-electron chi connectivity index (χ4n) is 3.02. The molecule has 1 N–H and O–H groups in total. The number of likely N-dealkylation sites (tertiary alicyclic amines) is 1. The average Bonchev–Trinajstić information content (AvgIpc) is 2.96. The van der Waals surface area contributed by atoms with Crippen LogP contribution in [-0.4, -0.2) is 37.2 Å². The Morgan fingerprint density at radius 2 is 2.23 bits per heavy atom. The second kappa shape index (κ2) is 7.63. The van der Waals surface area contributed by atoms with Gasteiger partial charge >= 0.3 is 6.03 Å². The predicted molar refractivity (Wildman–Crippen MR) is 89.0 cm³/mol. The van der Waals surface area contributed by atoms with Crippen LogP contribution in [0.4, 0.5) is 4.79 Å². The Kier molecular flexibility index (Phi) is 5.83. The van der Waals surface area contributed by atoms with Gasteiger partial charge in [0, 0.05) is 25.6 Å². The van der Waals surface area contributed by atoms with Gasteiger partial charge in [-0.2, -0.15) is 0 Å². The summed E-state index contributed by atoms with van der Waals surface area (Å²) in [6.07, 6.45) is 1.03. The number of rotatable bonds is 5. The fraction of sp³-hybridized carbons (Fsp3) is 0.611. The first kappa shape index (κ1) is 16.8. The Morgan fingerprint density at radius 3 is 2.95 bits per heavy atom. The largest absolute Gasteiger partial charge is 0.381 e. The molecule has 22 heavy (non-hydrogen) atoms. The Bertz CT molecular complexity index is 516. The van der Waals surface area contributed by atoms with Gasteiger partial charge in [-0.15, -0.1) is 0 Å². The van der Waals surface area contributed by atoms with Crippen molar-refractivity contribution >= 4 is 6.03 Å². The third kappa shape index (κ3) is 4.23. The van der Waals surface area contributed by atoms with Crippen LogP contribution in [0.25, 0.3) is 0 Å². The number of carbonyl (C=O) groups is 1. The highest BCUT2D eigenvalue weighted by atomic mass is 16.5. The van der Waals surface area contributed by atoms with E-state index in [0.717, 1.165) is 32.7 Å². The second-order valence-electron chi connectivity index (χ2n) is 6.29. The standard InChI is InChI=1S/C18H28N2O2/c1-5-22-12-16-8-9-20(11-16)18(21)19-15(4)17-10-13(2)6-7-14(17)3/h6-7,10,15-16H,5,8-9,11-12H2,1-4H3,(H,19,21)/t15-,16+/m1/s1. The van der Waals surface area contributed by atoms with E-state index in [1.807, 2.05) is 18.7 Å². The number of urea groups is 1. The molecule has 0 aromatic heterocycles.